The van der Waals surface area contributed by atoms with E-state index < -0.39 is 7.60 Å². The van der Waals surface area contributed by atoms with Crippen LogP contribution >= 0.6 is 19.2 Å². The molecular formula is C13H13ClN5O4P. The van der Waals surface area contributed by atoms with E-state index in [4.69, 9.17) is 22.1 Å². The first kappa shape index (κ1) is 16.7. The van der Waals surface area contributed by atoms with E-state index in [1.54, 1.807) is 10.6 Å². The number of imidazole rings is 1. The van der Waals surface area contributed by atoms with Crippen LogP contribution in [0.15, 0.2) is 30.6 Å². The predicted molar refractivity (Wildman–Crippen MR) is 88.4 cm³/mol. The topological polar surface area (TPSA) is 136 Å². The van der Waals surface area contributed by atoms with Crippen LogP contribution in [0.3, 0.4) is 0 Å². The van der Waals surface area contributed by atoms with Crippen LogP contribution in [0, 0.1) is 0 Å². The number of aromatic nitrogens is 4. The number of halogens is 1. The summed E-state index contributed by atoms with van der Waals surface area (Å²) in [5.74, 6) is 0.157. The van der Waals surface area contributed by atoms with E-state index in [9.17, 15) is 14.4 Å². The lowest BCUT2D eigenvalue weighted by atomic mass is 10.3. The predicted octanol–water partition coefficient (Wildman–Crippen LogP) is 0.944. The van der Waals surface area contributed by atoms with Crippen LogP contribution in [0.2, 0.25) is 5.15 Å². The standard InChI is InChI=1S/C13H13ClN5O4P/c14-11-10-12(18-13(15)17-11)19(7-16-10)5-6-23-8-3-1-2-4-9(8)24(20,21)22/h1-4,7H,5-6H2,(H2,15,17,18)(H2,20,21,22). The van der Waals surface area contributed by atoms with Crippen molar-refractivity contribution in [2.75, 3.05) is 12.3 Å². The highest BCUT2D eigenvalue weighted by molar-refractivity contribution is 7.60. The van der Waals surface area contributed by atoms with E-state index >= 15 is 0 Å². The molecule has 11 heteroatoms. The maximum Gasteiger partial charge on any atom is 0.359 e. The lowest BCUT2D eigenvalue weighted by Crippen LogP contribution is -2.14. The zero-order valence-electron chi connectivity index (χ0n) is 12.2. The van der Waals surface area contributed by atoms with Gasteiger partial charge in [0.1, 0.15) is 23.2 Å². The largest absolute Gasteiger partial charge is 0.491 e. The smallest absolute Gasteiger partial charge is 0.359 e. The SMILES string of the molecule is Nc1nc(Cl)c2ncn(CCOc3ccccc3P(=O)(O)O)c2n1. The highest BCUT2D eigenvalue weighted by Crippen LogP contribution is 2.37. The van der Waals surface area contributed by atoms with Gasteiger partial charge < -0.3 is 24.8 Å². The third kappa shape index (κ3) is 3.34. The van der Waals surface area contributed by atoms with Crippen LogP contribution in [-0.2, 0) is 11.1 Å². The number of nitrogen functional groups attached to an aromatic ring is 1. The fraction of sp³-hybridized carbons (Fsp3) is 0.154. The number of nitrogens with zero attached hydrogens (tertiary/aromatic N) is 4. The van der Waals surface area contributed by atoms with Crippen LogP contribution in [0.5, 0.6) is 5.75 Å². The molecule has 0 unspecified atom stereocenters. The van der Waals surface area contributed by atoms with Crippen molar-refractivity contribution in [3.05, 3.63) is 35.7 Å². The molecule has 0 saturated carbocycles. The van der Waals surface area contributed by atoms with Crippen LogP contribution in [-0.4, -0.2) is 35.9 Å². The van der Waals surface area contributed by atoms with Gasteiger partial charge in [-0.3, -0.25) is 4.57 Å². The van der Waals surface area contributed by atoms with Crippen LogP contribution in [0.1, 0.15) is 0 Å². The van der Waals surface area contributed by atoms with E-state index in [0.717, 1.165) is 0 Å². The lowest BCUT2D eigenvalue weighted by Gasteiger charge is -2.12. The molecule has 0 amide bonds. The normalized spacial score (nSPS) is 11.8. The lowest BCUT2D eigenvalue weighted by molar-refractivity contribution is 0.300. The summed E-state index contributed by atoms with van der Waals surface area (Å²) in [5.41, 5.74) is 6.45. The number of benzene rings is 1. The summed E-state index contributed by atoms with van der Waals surface area (Å²) in [7, 11) is -4.41. The van der Waals surface area contributed by atoms with Crippen molar-refractivity contribution in [2.45, 2.75) is 6.54 Å². The minimum atomic E-state index is -4.41. The van der Waals surface area contributed by atoms with Crippen molar-refractivity contribution in [2.24, 2.45) is 0 Å². The van der Waals surface area contributed by atoms with E-state index in [-0.39, 0.29) is 28.8 Å². The number of hydrogen-bond acceptors (Lipinski definition) is 6. The summed E-state index contributed by atoms with van der Waals surface area (Å²) in [6, 6.07) is 6.00. The number of para-hydroxylation sites is 1. The molecule has 3 aromatic rings. The molecule has 126 valence electrons. The Morgan fingerprint density at radius 2 is 2.04 bits per heavy atom. The van der Waals surface area contributed by atoms with Gasteiger partial charge in [0.25, 0.3) is 0 Å². The van der Waals surface area contributed by atoms with Crippen LogP contribution in [0.4, 0.5) is 5.95 Å². The van der Waals surface area contributed by atoms with E-state index in [1.807, 2.05) is 0 Å². The van der Waals surface area contributed by atoms with Crippen molar-refractivity contribution in [1.82, 2.24) is 19.5 Å². The monoisotopic (exact) mass is 369 g/mol. The fourth-order valence-electron chi connectivity index (χ4n) is 2.16. The minimum absolute atomic E-state index is 0.0296. The van der Waals surface area contributed by atoms with Crippen molar-refractivity contribution in [1.29, 1.82) is 0 Å². The molecule has 9 nitrogen and oxygen atoms in total. The first-order valence-electron chi connectivity index (χ1n) is 6.78. The summed E-state index contributed by atoms with van der Waals surface area (Å²) in [6.45, 7) is 0.475. The molecule has 2 aromatic heterocycles. The van der Waals surface area contributed by atoms with E-state index in [0.29, 0.717) is 17.7 Å². The maximum atomic E-state index is 11.4. The van der Waals surface area contributed by atoms with Gasteiger partial charge in [0.2, 0.25) is 5.95 Å². The van der Waals surface area contributed by atoms with Gasteiger partial charge in [-0.15, -0.1) is 0 Å². The van der Waals surface area contributed by atoms with Crippen LogP contribution < -0.4 is 15.8 Å². The minimum Gasteiger partial charge on any atom is -0.491 e. The number of fused-ring (bicyclic) bond motifs is 1. The summed E-state index contributed by atoms with van der Waals surface area (Å²) in [6.07, 6.45) is 1.52. The van der Waals surface area contributed by atoms with Crippen molar-refractivity contribution < 1.29 is 19.1 Å². The van der Waals surface area contributed by atoms with Crippen molar-refractivity contribution in [3.63, 3.8) is 0 Å². The number of ether oxygens (including phenoxy) is 1. The van der Waals surface area contributed by atoms with E-state index in [1.165, 1.54) is 24.5 Å². The average Bonchev–Trinajstić information content (AvgIpc) is 2.90. The van der Waals surface area contributed by atoms with Crippen molar-refractivity contribution >= 4 is 41.6 Å². The molecule has 24 heavy (non-hydrogen) atoms. The van der Waals surface area contributed by atoms with Gasteiger partial charge in [-0.25, -0.2) is 4.98 Å². The molecule has 1 aromatic carbocycles. The zero-order chi connectivity index (χ0) is 17.3. The van der Waals surface area contributed by atoms with Crippen molar-refractivity contribution in [3.8, 4) is 5.75 Å². The molecule has 0 radical (unpaired) electrons. The fourth-order valence-corrected chi connectivity index (χ4v) is 3.09. The summed E-state index contributed by atoms with van der Waals surface area (Å²) in [5, 5.41) is -0.000818. The molecule has 3 rings (SSSR count). The molecular weight excluding hydrogens is 357 g/mol. The molecule has 4 N–H and O–H groups in total. The Morgan fingerprint density at radius 1 is 1.29 bits per heavy atom. The summed E-state index contributed by atoms with van der Waals surface area (Å²) in [4.78, 5) is 30.7. The molecule has 0 spiro atoms. The Morgan fingerprint density at radius 3 is 2.79 bits per heavy atom. The molecule has 2 heterocycles. The van der Waals surface area contributed by atoms with Gasteiger partial charge in [0.05, 0.1) is 12.9 Å². The Hall–Kier alpha value is -2.19. The second-order valence-electron chi connectivity index (χ2n) is 4.84. The molecule has 0 aliphatic rings. The van der Waals surface area contributed by atoms with Gasteiger partial charge in [-0.1, -0.05) is 23.7 Å². The highest BCUT2D eigenvalue weighted by atomic mass is 35.5. The van der Waals surface area contributed by atoms with E-state index in [2.05, 4.69) is 15.0 Å². The number of anilines is 1. The van der Waals surface area contributed by atoms with Gasteiger partial charge in [0.15, 0.2) is 10.8 Å². The molecule has 0 aliphatic heterocycles. The Kier molecular flexibility index (Phi) is 4.42. The summed E-state index contributed by atoms with van der Waals surface area (Å²) >= 11 is 5.95. The quantitative estimate of drug-likeness (QED) is 0.446. The Balaban J connectivity index is 1.78. The van der Waals surface area contributed by atoms with Gasteiger partial charge >= 0.3 is 7.60 Å². The second-order valence-corrected chi connectivity index (χ2v) is 6.77. The van der Waals surface area contributed by atoms with Crippen LogP contribution in [0.25, 0.3) is 11.2 Å². The number of nitrogens with two attached hydrogens (primary N) is 1. The van der Waals surface area contributed by atoms with Gasteiger partial charge in [0, 0.05) is 0 Å². The van der Waals surface area contributed by atoms with Gasteiger partial charge in [-0.2, -0.15) is 9.97 Å². The third-order valence-corrected chi connectivity index (χ3v) is 4.47. The maximum absolute atomic E-state index is 11.4. The van der Waals surface area contributed by atoms with Gasteiger partial charge in [-0.05, 0) is 12.1 Å². The molecule has 0 saturated heterocycles. The molecule has 0 atom stereocenters. The average molecular weight is 370 g/mol. The molecule has 0 aliphatic carbocycles. The molecule has 0 bridgehead atoms. The Bertz CT molecular complexity index is 941. The first-order valence-corrected chi connectivity index (χ1v) is 8.77. The molecule has 0 fully saturated rings. The second kappa shape index (κ2) is 6.37. The zero-order valence-corrected chi connectivity index (χ0v) is 13.9. The first-order chi connectivity index (χ1) is 11.4. The summed E-state index contributed by atoms with van der Waals surface area (Å²) < 4.78 is 18.6. The number of hydrogen-bond donors (Lipinski definition) is 3. The third-order valence-electron chi connectivity index (χ3n) is 3.21. The highest BCUT2D eigenvalue weighted by Gasteiger charge is 2.22. The number of rotatable bonds is 5. The Labute approximate surface area is 141 Å².